The summed E-state index contributed by atoms with van der Waals surface area (Å²) in [4.78, 5) is 40.1. The molecule has 1 aliphatic heterocycles. The average Bonchev–Trinajstić information content (AvgIpc) is 3.18. The molecule has 7 heteroatoms. The highest BCUT2D eigenvalue weighted by Gasteiger charge is 2.35. The van der Waals surface area contributed by atoms with Gasteiger partial charge in [-0.2, -0.15) is 0 Å². The van der Waals surface area contributed by atoms with Gasteiger partial charge in [0.1, 0.15) is 0 Å². The largest absolute Gasteiger partial charge is 0.490 e. The summed E-state index contributed by atoms with van der Waals surface area (Å²) in [6, 6.07) is 25.9. The Labute approximate surface area is 224 Å². The zero-order valence-corrected chi connectivity index (χ0v) is 21.8. The van der Waals surface area contributed by atoms with Gasteiger partial charge in [-0.15, -0.1) is 0 Å². The molecule has 5 rings (SSSR count). The van der Waals surface area contributed by atoms with Crippen molar-refractivity contribution in [3.63, 3.8) is 0 Å². The van der Waals surface area contributed by atoms with E-state index < -0.39 is 5.97 Å². The monoisotopic (exact) mass is 523 g/mol. The van der Waals surface area contributed by atoms with Crippen molar-refractivity contribution in [3.8, 4) is 11.5 Å². The number of imide groups is 1. The minimum atomic E-state index is -0.492. The van der Waals surface area contributed by atoms with Gasteiger partial charge in [-0.25, -0.2) is 4.79 Å². The number of carbonyl (C=O) groups excluding carboxylic acids is 3. The second-order valence-electron chi connectivity index (χ2n) is 8.80. The first-order valence-corrected chi connectivity index (χ1v) is 13.0. The summed E-state index contributed by atoms with van der Waals surface area (Å²) in [5.74, 6) is -0.190. The van der Waals surface area contributed by atoms with Gasteiger partial charge in [-0.3, -0.25) is 14.5 Å². The predicted octanol–water partition coefficient (Wildman–Crippen LogP) is 7.00. The maximum Gasteiger partial charge on any atom is 0.343 e. The standard InChI is InChI=1S/C31H25NO5S/c1-3-36-27-17-21(13-16-26(27)37-30(34)23-14-11-20(2)12-15-23)18-28-29(33)32(31(35)38-28)19-24-9-6-8-22-7-4-5-10-25(22)24/h4-18H,3,19H2,1-2H3/b28-18-. The minimum Gasteiger partial charge on any atom is -0.490 e. The number of hydrogen-bond donors (Lipinski definition) is 0. The number of nitrogens with zero attached hydrogens (tertiary/aromatic N) is 1. The average molecular weight is 524 g/mol. The first kappa shape index (κ1) is 25.3. The van der Waals surface area contributed by atoms with Crippen molar-refractivity contribution >= 4 is 45.7 Å². The van der Waals surface area contributed by atoms with Gasteiger partial charge in [0.15, 0.2) is 11.5 Å². The number of carbonyl (C=O) groups is 3. The highest BCUT2D eigenvalue weighted by Crippen LogP contribution is 2.36. The predicted molar refractivity (Wildman–Crippen MR) is 149 cm³/mol. The number of esters is 1. The molecule has 4 aromatic carbocycles. The maximum atomic E-state index is 13.2. The van der Waals surface area contributed by atoms with Crippen molar-refractivity contribution < 1.29 is 23.9 Å². The van der Waals surface area contributed by atoms with Crippen LogP contribution in [0.1, 0.15) is 34.0 Å². The molecular formula is C31H25NO5S. The lowest BCUT2D eigenvalue weighted by molar-refractivity contribution is -0.123. The van der Waals surface area contributed by atoms with Crippen LogP contribution in [0.15, 0.2) is 89.8 Å². The fourth-order valence-electron chi connectivity index (χ4n) is 4.20. The van der Waals surface area contributed by atoms with Crippen molar-refractivity contribution in [1.82, 2.24) is 4.90 Å². The number of amides is 2. The van der Waals surface area contributed by atoms with Crippen LogP contribution in [0.2, 0.25) is 0 Å². The van der Waals surface area contributed by atoms with Gasteiger partial charge in [0.05, 0.1) is 23.6 Å². The van der Waals surface area contributed by atoms with Crippen molar-refractivity contribution in [2.24, 2.45) is 0 Å². The van der Waals surface area contributed by atoms with E-state index in [1.54, 1.807) is 36.4 Å². The molecule has 0 unspecified atom stereocenters. The molecule has 2 amide bonds. The zero-order chi connectivity index (χ0) is 26.6. The number of rotatable bonds is 7. The van der Waals surface area contributed by atoms with Gasteiger partial charge >= 0.3 is 5.97 Å². The van der Waals surface area contributed by atoms with Gasteiger partial charge < -0.3 is 9.47 Å². The van der Waals surface area contributed by atoms with Crippen LogP contribution in [0.5, 0.6) is 11.5 Å². The first-order chi connectivity index (χ1) is 18.4. The summed E-state index contributed by atoms with van der Waals surface area (Å²) in [6.07, 6.45) is 1.65. The molecular weight excluding hydrogens is 498 g/mol. The SMILES string of the molecule is CCOc1cc(/C=C2\SC(=O)N(Cc3cccc4ccccc34)C2=O)ccc1OC(=O)c1ccc(C)cc1. The lowest BCUT2D eigenvalue weighted by Gasteiger charge is -2.14. The molecule has 1 aliphatic rings. The molecule has 1 fully saturated rings. The van der Waals surface area contributed by atoms with E-state index in [-0.39, 0.29) is 23.4 Å². The van der Waals surface area contributed by atoms with E-state index >= 15 is 0 Å². The van der Waals surface area contributed by atoms with Crippen molar-refractivity contribution in [1.29, 1.82) is 0 Å². The third-order valence-corrected chi connectivity index (χ3v) is 7.04. The van der Waals surface area contributed by atoms with Crippen LogP contribution in [-0.2, 0) is 11.3 Å². The Kier molecular flexibility index (Phi) is 7.29. The van der Waals surface area contributed by atoms with Gasteiger partial charge in [0.25, 0.3) is 11.1 Å². The van der Waals surface area contributed by atoms with Gasteiger partial charge in [0, 0.05) is 0 Å². The molecule has 0 aromatic heterocycles. The number of benzene rings is 4. The quantitative estimate of drug-likeness (QED) is 0.147. The molecule has 0 atom stereocenters. The fraction of sp³-hybridized carbons (Fsp3) is 0.129. The molecule has 0 saturated carbocycles. The van der Waals surface area contributed by atoms with E-state index in [9.17, 15) is 14.4 Å². The van der Waals surface area contributed by atoms with Gasteiger partial charge in [-0.05, 0) is 77.9 Å². The Hall–Kier alpha value is -4.36. The van der Waals surface area contributed by atoms with E-state index in [1.165, 1.54) is 4.90 Å². The molecule has 0 aliphatic carbocycles. The van der Waals surface area contributed by atoms with Crippen molar-refractivity contribution in [2.45, 2.75) is 20.4 Å². The Morgan fingerprint density at radius 2 is 1.68 bits per heavy atom. The van der Waals surface area contributed by atoms with Crippen LogP contribution in [0, 0.1) is 6.92 Å². The Morgan fingerprint density at radius 1 is 0.921 bits per heavy atom. The highest BCUT2D eigenvalue weighted by molar-refractivity contribution is 8.18. The van der Waals surface area contributed by atoms with Crippen LogP contribution < -0.4 is 9.47 Å². The third-order valence-electron chi connectivity index (χ3n) is 6.14. The van der Waals surface area contributed by atoms with E-state index in [4.69, 9.17) is 9.47 Å². The molecule has 1 heterocycles. The highest BCUT2D eigenvalue weighted by atomic mass is 32.2. The van der Waals surface area contributed by atoms with Crippen LogP contribution >= 0.6 is 11.8 Å². The molecule has 6 nitrogen and oxygen atoms in total. The fourth-order valence-corrected chi connectivity index (χ4v) is 5.04. The summed E-state index contributed by atoms with van der Waals surface area (Å²) in [5, 5.41) is 1.75. The van der Waals surface area contributed by atoms with Crippen LogP contribution in [0.25, 0.3) is 16.8 Å². The van der Waals surface area contributed by atoms with E-state index in [0.29, 0.717) is 28.4 Å². The lowest BCUT2D eigenvalue weighted by Crippen LogP contribution is -2.27. The second kappa shape index (κ2) is 10.9. The first-order valence-electron chi connectivity index (χ1n) is 12.2. The van der Waals surface area contributed by atoms with Crippen molar-refractivity contribution in [3.05, 3.63) is 112 Å². The lowest BCUT2D eigenvalue weighted by atomic mass is 10.0. The topological polar surface area (TPSA) is 72.9 Å². The second-order valence-corrected chi connectivity index (χ2v) is 9.79. The molecule has 0 N–H and O–H groups in total. The molecule has 4 aromatic rings. The van der Waals surface area contributed by atoms with Crippen molar-refractivity contribution in [2.75, 3.05) is 6.61 Å². The Bertz CT molecular complexity index is 1570. The van der Waals surface area contributed by atoms with Crippen LogP contribution in [-0.4, -0.2) is 28.6 Å². The molecule has 0 radical (unpaired) electrons. The smallest absolute Gasteiger partial charge is 0.343 e. The summed E-state index contributed by atoms with van der Waals surface area (Å²) in [7, 11) is 0. The number of ether oxygens (including phenoxy) is 2. The van der Waals surface area contributed by atoms with Crippen LogP contribution in [0.4, 0.5) is 4.79 Å². The molecule has 0 spiro atoms. The van der Waals surface area contributed by atoms with E-state index in [0.717, 1.165) is 33.7 Å². The molecule has 1 saturated heterocycles. The number of fused-ring (bicyclic) bond motifs is 1. The van der Waals surface area contributed by atoms with Crippen LogP contribution in [0.3, 0.4) is 0 Å². The third kappa shape index (κ3) is 5.33. The normalized spacial score (nSPS) is 14.4. The summed E-state index contributed by atoms with van der Waals surface area (Å²) >= 11 is 0.906. The maximum absolute atomic E-state index is 13.2. The zero-order valence-electron chi connectivity index (χ0n) is 21.0. The number of hydrogen-bond acceptors (Lipinski definition) is 6. The molecule has 0 bridgehead atoms. The van der Waals surface area contributed by atoms with E-state index in [1.807, 2.05) is 68.4 Å². The van der Waals surface area contributed by atoms with Gasteiger partial charge in [0.2, 0.25) is 0 Å². The number of aryl methyl sites for hydroxylation is 1. The van der Waals surface area contributed by atoms with E-state index in [2.05, 4.69) is 0 Å². The number of thioether (sulfide) groups is 1. The Morgan fingerprint density at radius 3 is 2.47 bits per heavy atom. The summed E-state index contributed by atoms with van der Waals surface area (Å²) in [5.41, 5.74) is 3.04. The molecule has 38 heavy (non-hydrogen) atoms. The van der Waals surface area contributed by atoms with Gasteiger partial charge in [-0.1, -0.05) is 66.2 Å². The molecule has 190 valence electrons. The minimum absolute atomic E-state index is 0.196. The summed E-state index contributed by atoms with van der Waals surface area (Å²) < 4.78 is 11.3. The Balaban J connectivity index is 1.36. The summed E-state index contributed by atoms with van der Waals surface area (Å²) in [6.45, 7) is 4.33.